The van der Waals surface area contributed by atoms with Crippen molar-refractivity contribution < 1.29 is 4.79 Å². The summed E-state index contributed by atoms with van der Waals surface area (Å²) in [7, 11) is 0. The van der Waals surface area contributed by atoms with Crippen LogP contribution in [0.5, 0.6) is 0 Å². The molecule has 8 heteroatoms. The van der Waals surface area contributed by atoms with E-state index >= 15 is 0 Å². The fraction of sp³-hybridized carbons (Fsp3) is 0.250. The molecule has 0 fully saturated rings. The normalized spacial score (nSPS) is 13.4. The second-order valence-corrected chi connectivity index (χ2v) is 8.72. The number of amides is 1. The minimum Gasteiger partial charge on any atom is -0.310 e. The lowest BCUT2D eigenvalue weighted by Crippen LogP contribution is -2.36. The maximum Gasteiger partial charge on any atom is 0.237 e. The molecular formula is C20H19ClN4OS2. The topological polar surface area (TPSA) is 51.0 Å². The van der Waals surface area contributed by atoms with Gasteiger partial charge in [-0.25, -0.2) is 0 Å². The smallest absolute Gasteiger partial charge is 0.237 e. The van der Waals surface area contributed by atoms with E-state index in [9.17, 15) is 4.79 Å². The van der Waals surface area contributed by atoms with Crippen LogP contribution >= 0.6 is 35.1 Å². The Balaban J connectivity index is 1.50. The van der Waals surface area contributed by atoms with Crippen LogP contribution in [-0.4, -0.2) is 38.7 Å². The van der Waals surface area contributed by atoms with E-state index in [1.807, 2.05) is 58.9 Å². The zero-order valence-corrected chi connectivity index (χ0v) is 17.7. The molecule has 0 radical (unpaired) electrons. The summed E-state index contributed by atoms with van der Waals surface area (Å²) < 4.78 is 2.03. The Kier molecular flexibility index (Phi) is 5.94. The molecule has 0 saturated carbocycles. The minimum atomic E-state index is 0.0939. The second kappa shape index (κ2) is 8.59. The molecule has 1 aromatic heterocycles. The molecule has 1 amide bonds. The van der Waals surface area contributed by atoms with Crippen LogP contribution in [0.2, 0.25) is 5.02 Å². The Bertz CT molecular complexity index is 990. The average molecular weight is 431 g/mol. The van der Waals surface area contributed by atoms with E-state index in [0.29, 0.717) is 10.8 Å². The molecule has 3 aromatic rings. The fourth-order valence-electron chi connectivity index (χ4n) is 3.13. The molecule has 28 heavy (non-hydrogen) atoms. The number of hydrogen-bond acceptors (Lipinski definition) is 5. The standard InChI is InChI=1S/C20H19ClN4OS2/c1-2-24-19(14-7-9-15(21)10-8-14)22-23-20(24)28-13-18(26)25-11-12-27-17-6-4-3-5-16(17)25/h3-10H,2,11-13H2,1H3. The summed E-state index contributed by atoms with van der Waals surface area (Å²) in [5, 5.41) is 10.1. The van der Waals surface area contributed by atoms with E-state index in [0.717, 1.165) is 46.0 Å². The Morgan fingerprint density at radius 2 is 1.96 bits per heavy atom. The number of rotatable bonds is 5. The number of hydrogen-bond donors (Lipinski definition) is 0. The fourth-order valence-corrected chi connectivity index (χ4v) is 5.12. The highest BCUT2D eigenvalue weighted by molar-refractivity contribution is 8.00. The zero-order chi connectivity index (χ0) is 19.5. The van der Waals surface area contributed by atoms with Gasteiger partial charge in [-0.2, -0.15) is 0 Å². The first-order valence-electron chi connectivity index (χ1n) is 9.01. The Morgan fingerprint density at radius 3 is 2.75 bits per heavy atom. The van der Waals surface area contributed by atoms with Crippen LogP contribution < -0.4 is 4.90 Å². The number of aromatic nitrogens is 3. The monoisotopic (exact) mass is 430 g/mol. The highest BCUT2D eigenvalue weighted by atomic mass is 35.5. The van der Waals surface area contributed by atoms with E-state index in [1.54, 1.807) is 11.8 Å². The van der Waals surface area contributed by atoms with Crippen molar-refractivity contribution in [1.29, 1.82) is 0 Å². The van der Waals surface area contributed by atoms with Crippen molar-refractivity contribution in [1.82, 2.24) is 14.8 Å². The van der Waals surface area contributed by atoms with E-state index in [-0.39, 0.29) is 5.91 Å². The van der Waals surface area contributed by atoms with Crippen LogP contribution in [0.1, 0.15) is 6.92 Å². The second-order valence-electron chi connectivity index (χ2n) is 6.21. The molecule has 1 aliphatic rings. The van der Waals surface area contributed by atoms with Crippen LogP contribution in [0.15, 0.2) is 58.6 Å². The molecule has 0 spiro atoms. The lowest BCUT2D eigenvalue weighted by molar-refractivity contribution is -0.116. The maximum atomic E-state index is 12.9. The quantitative estimate of drug-likeness (QED) is 0.541. The molecular weight excluding hydrogens is 412 g/mol. The van der Waals surface area contributed by atoms with Crippen molar-refractivity contribution in [3.8, 4) is 11.4 Å². The number of halogens is 1. The van der Waals surface area contributed by atoms with E-state index in [4.69, 9.17) is 11.6 Å². The van der Waals surface area contributed by atoms with Gasteiger partial charge in [-0.15, -0.1) is 22.0 Å². The summed E-state index contributed by atoms with van der Waals surface area (Å²) in [5.41, 5.74) is 1.96. The molecule has 1 aliphatic heterocycles. The van der Waals surface area contributed by atoms with E-state index in [2.05, 4.69) is 16.3 Å². The number of fused-ring (bicyclic) bond motifs is 1. The third-order valence-corrected chi connectivity index (χ3v) is 6.74. The SMILES string of the molecule is CCn1c(SCC(=O)N2CCSc3ccccc32)nnc1-c1ccc(Cl)cc1. The number of anilines is 1. The largest absolute Gasteiger partial charge is 0.310 e. The van der Waals surface area contributed by atoms with E-state index in [1.165, 1.54) is 11.8 Å². The first-order chi connectivity index (χ1) is 13.7. The highest BCUT2D eigenvalue weighted by Crippen LogP contribution is 2.35. The molecule has 0 aliphatic carbocycles. The van der Waals surface area contributed by atoms with Gasteiger partial charge in [-0.3, -0.25) is 4.79 Å². The molecule has 0 atom stereocenters. The van der Waals surface area contributed by atoms with Crippen molar-refractivity contribution >= 4 is 46.7 Å². The molecule has 4 rings (SSSR count). The molecule has 0 saturated heterocycles. The summed E-state index contributed by atoms with van der Waals surface area (Å²) in [4.78, 5) is 15.9. The van der Waals surface area contributed by atoms with Gasteiger partial charge in [0.15, 0.2) is 11.0 Å². The maximum absolute atomic E-state index is 12.9. The predicted molar refractivity (Wildman–Crippen MR) is 116 cm³/mol. The van der Waals surface area contributed by atoms with Gasteiger partial charge in [0.25, 0.3) is 0 Å². The first kappa shape index (κ1) is 19.4. The average Bonchev–Trinajstić information content (AvgIpc) is 3.15. The molecule has 0 bridgehead atoms. The van der Waals surface area contributed by atoms with Crippen LogP contribution in [0.4, 0.5) is 5.69 Å². The minimum absolute atomic E-state index is 0.0939. The van der Waals surface area contributed by atoms with Gasteiger partial charge in [0.2, 0.25) is 5.91 Å². The van der Waals surface area contributed by atoms with Gasteiger partial charge in [-0.1, -0.05) is 35.5 Å². The molecule has 2 heterocycles. The van der Waals surface area contributed by atoms with Crippen molar-refractivity contribution in [2.24, 2.45) is 0 Å². The highest BCUT2D eigenvalue weighted by Gasteiger charge is 2.23. The van der Waals surface area contributed by atoms with Gasteiger partial charge >= 0.3 is 0 Å². The lowest BCUT2D eigenvalue weighted by Gasteiger charge is -2.28. The van der Waals surface area contributed by atoms with Crippen molar-refractivity contribution in [3.05, 3.63) is 53.6 Å². The van der Waals surface area contributed by atoms with E-state index < -0.39 is 0 Å². The summed E-state index contributed by atoms with van der Waals surface area (Å²) in [5.74, 6) is 2.13. The van der Waals surface area contributed by atoms with Gasteiger partial charge in [-0.05, 0) is 43.3 Å². The predicted octanol–water partition coefficient (Wildman–Crippen LogP) is 4.85. The third-order valence-electron chi connectivity index (χ3n) is 4.49. The van der Waals surface area contributed by atoms with Crippen molar-refractivity contribution in [2.75, 3.05) is 23.0 Å². The molecule has 144 valence electrons. The molecule has 0 unspecified atom stereocenters. The number of para-hydroxylation sites is 1. The zero-order valence-electron chi connectivity index (χ0n) is 15.3. The molecule has 2 aromatic carbocycles. The van der Waals surface area contributed by atoms with Gasteiger partial charge in [0.05, 0.1) is 11.4 Å². The van der Waals surface area contributed by atoms with Crippen molar-refractivity contribution in [3.63, 3.8) is 0 Å². The first-order valence-corrected chi connectivity index (χ1v) is 11.4. The summed E-state index contributed by atoms with van der Waals surface area (Å²) in [6.45, 7) is 3.51. The molecule has 5 nitrogen and oxygen atoms in total. The summed E-state index contributed by atoms with van der Waals surface area (Å²) in [6, 6.07) is 15.6. The van der Waals surface area contributed by atoms with Crippen molar-refractivity contribution in [2.45, 2.75) is 23.5 Å². The third kappa shape index (κ3) is 3.92. The van der Waals surface area contributed by atoms with Crippen LogP contribution in [0, 0.1) is 0 Å². The molecule has 0 N–H and O–H groups in total. The Morgan fingerprint density at radius 1 is 1.18 bits per heavy atom. The summed E-state index contributed by atoms with van der Waals surface area (Å²) in [6.07, 6.45) is 0. The number of carbonyl (C=O) groups is 1. The number of thioether (sulfide) groups is 2. The van der Waals surface area contributed by atoms with Gasteiger partial charge in [0.1, 0.15) is 0 Å². The number of carbonyl (C=O) groups excluding carboxylic acids is 1. The Labute approximate surface area is 177 Å². The number of benzene rings is 2. The van der Waals surface area contributed by atoms with Gasteiger partial charge in [0, 0.05) is 34.3 Å². The van der Waals surface area contributed by atoms with Crippen LogP contribution in [0.25, 0.3) is 11.4 Å². The van der Waals surface area contributed by atoms with Crippen LogP contribution in [-0.2, 0) is 11.3 Å². The number of nitrogens with zero attached hydrogens (tertiary/aromatic N) is 4. The van der Waals surface area contributed by atoms with Crippen LogP contribution in [0.3, 0.4) is 0 Å². The van der Waals surface area contributed by atoms with Gasteiger partial charge < -0.3 is 9.47 Å². The Hall–Kier alpha value is -1.96. The lowest BCUT2D eigenvalue weighted by atomic mass is 10.2. The summed E-state index contributed by atoms with van der Waals surface area (Å²) >= 11 is 9.21.